The van der Waals surface area contributed by atoms with Crippen LogP contribution in [0.3, 0.4) is 0 Å². The minimum absolute atomic E-state index is 0.205. The first-order chi connectivity index (χ1) is 10.8. The van der Waals surface area contributed by atoms with E-state index < -0.39 is 0 Å². The molecular formula is C22H36O. The van der Waals surface area contributed by atoms with E-state index in [0.717, 1.165) is 37.9 Å². The minimum atomic E-state index is -0.205. The molecule has 0 spiro atoms. The summed E-state index contributed by atoms with van der Waals surface area (Å²) in [6.07, 6.45) is 17.2. The van der Waals surface area contributed by atoms with Crippen molar-refractivity contribution in [2.45, 2.75) is 72.8 Å². The van der Waals surface area contributed by atoms with Crippen molar-refractivity contribution in [3.8, 4) is 0 Å². The fraction of sp³-hybridized carbons (Fsp3) is 0.545. The molecule has 0 unspecified atom stereocenters. The number of allylic oxidation sites excluding steroid dienone is 8. The highest BCUT2D eigenvalue weighted by atomic mass is 16.5. The first-order valence-corrected chi connectivity index (χ1v) is 8.74. The van der Waals surface area contributed by atoms with Gasteiger partial charge >= 0.3 is 0 Å². The summed E-state index contributed by atoms with van der Waals surface area (Å²) in [5.74, 6) is 0. The van der Waals surface area contributed by atoms with Gasteiger partial charge in [-0.1, -0.05) is 59.8 Å². The predicted molar refractivity (Wildman–Crippen MR) is 105 cm³/mol. The van der Waals surface area contributed by atoms with Crippen LogP contribution in [0.2, 0.25) is 0 Å². The zero-order valence-corrected chi connectivity index (χ0v) is 16.1. The van der Waals surface area contributed by atoms with E-state index in [4.69, 9.17) is 4.74 Å². The summed E-state index contributed by atoms with van der Waals surface area (Å²) in [5, 5.41) is 0. The van der Waals surface area contributed by atoms with Gasteiger partial charge in [-0.05, 0) is 67.2 Å². The summed E-state index contributed by atoms with van der Waals surface area (Å²) in [7, 11) is 0. The van der Waals surface area contributed by atoms with Crippen molar-refractivity contribution >= 4 is 0 Å². The molecule has 0 heterocycles. The molecule has 130 valence electrons. The van der Waals surface area contributed by atoms with Crippen LogP contribution in [-0.2, 0) is 4.74 Å². The molecule has 0 saturated heterocycles. The Balaban J connectivity index is 4.57. The number of hydrogen-bond acceptors (Lipinski definition) is 1. The van der Waals surface area contributed by atoms with E-state index in [1.165, 1.54) is 11.1 Å². The van der Waals surface area contributed by atoms with E-state index in [2.05, 4.69) is 71.6 Å². The second-order valence-electron chi connectivity index (χ2n) is 6.63. The molecule has 0 aromatic heterocycles. The van der Waals surface area contributed by atoms with E-state index in [-0.39, 0.29) is 5.60 Å². The minimum Gasteiger partial charge on any atom is -0.371 e. The van der Waals surface area contributed by atoms with Crippen LogP contribution in [0.5, 0.6) is 0 Å². The summed E-state index contributed by atoms with van der Waals surface area (Å²) >= 11 is 0. The molecule has 0 aliphatic carbocycles. The topological polar surface area (TPSA) is 9.23 Å². The van der Waals surface area contributed by atoms with Crippen LogP contribution in [0, 0.1) is 0 Å². The largest absolute Gasteiger partial charge is 0.371 e. The fourth-order valence-electron chi connectivity index (χ4n) is 2.30. The smallest absolute Gasteiger partial charge is 0.0840 e. The van der Waals surface area contributed by atoms with Crippen LogP contribution in [0.1, 0.15) is 67.2 Å². The molecule has 1 heteroatoms. The Labute approximate surface area is 144 Å². The van der Waals surface area contributed by atoms with E-state index in [1.807, 2.05) is 13.0 Å². The quantitative estimate of drug-likeness (QED) is 0.296. The Bertz CT molecular complexity index is 458. The molecule has 1 nitrogen and oxygen atoms in total. The first kappa shape index (κ1) is 21.7. The summed E-state index contributed by atoms with van der Waals surface area (Å²) in [6, 6.07) is 0. The van der Waals surface area contributed by atoms with Gasteiger partial charge in [0.05, 0.1) is 5.60 Å². The van der Waals surface area contributed by atoms with Gasteiger partial charge in [0.15, 0.2) is 0 Å². The highest BCUT2D eigenvalue weighted by Crippen LogP contribution is 2.21. The number of hydrogen-bond donors (Lipinski definition) is 0. The van der Waals surface area contributed by atoms with Gasteiger partial charge in [0.1, 0.15) is 0 Å². The third kappa shape index (κ3) is 11.8. The summed E-state index contributed by atoms with van der Waals surface area (Å²) in [4.78, 5) is 0. The third-order valence-electron chi connectivity index (χ3n) is 3.83. The standard InChI is InChI=1S/C22H36O/c1-8-20(5)15-11-17-22(7,23-9-2)18-12-16-21(6)14-10-13-19(3)4/h8,11,13,15-17H,1,9-10,12,14,18H2,2-7H3/b17-11-,20-15+,21-16+/t22-/m0/s1. The van der Waals surface area contributed by atoms with Crippen LogP contribution < -0.4 is 0 Å². The van der Waals surface area contributed by atoms with Crippen LogP contribution >= 0.6 is 0 Å². The zero-order chi connectivity index (χ0) is 17.7. The molecule has 0 saturated carbocycles. The molecule has 0 aromatic rings. The normalized spacial score (nSPS) is 15.6. The van der Waals surface area contributed by atoms with Gasteiger partial charge in [-0.3, -0.25) is 0 Å². The number of rotatable bonds is 11. The van der Waals surface area contributed by atoms with E-state index >= 15 is 0 Å². The summed E-state index contributed by atoms with van der Waals surface area (Å²) in [5.41, 5.74) is 3.82. The van der Waals surface area contributed by atoms with Gasteiger partial charge in [0.25, 0.3) is 0 Å². The van der Waals surface area contributed by atoms with Crippen molar-refractivity contribution < 1.29 is 4.74 Å². The Hall–Kier alpha value is -1.34. The molecule has 0 aliphatic rings. The molecule has 23 heavy (non-hydrogen) atoms. The van der Waals surface area contributed by atoms with Crippen LogP contribution in [0.15, 0.2) is 59.8 Å². The molecule has 0 radical (unpaired) electrons. The lowest BCUT2D eigenvalue weighted by molar-refractivity contribution is 0.00815. The Morgan fingerprint density at radius 2 is 1.78 bits per heavy atom. The molecule has 0 amide bonds. The molecule has 0 fully saturated rings. The lowest BCUT2D eigenvalue weighted by atomic mass is 9.97. The van der Waals surface area contributed by atoms with Crippen molar-refractivity contribution in [3.63, 3.8) is 0 Å². The van der Waals surface area contributed by atoms with Gasteiger partial charge in [0.2, 0.25) is 0 Å². The molecule has 0 N–H and O–H groups in total. The van der Waals surface area contributed by atoms with E-state index in [0.29, 0.717) is 0 Å². The van der Waals surface area contributed by atoms with E-state index in [1.54, 1.807) is 0 Å². The summed E-state index contributed by atoms with van der Waals surface area (Å²) in [6.45, 7) is 17.3. The van der Waals surface area contributed by atoms with Gasteiger partial charge < -0.3 is 4.74 Å². The van der Waals surface area contributed by atoms with Crippen molar-refractivity contribution in [1.29, 1.82) is 0 Å². The lowest BCUT2D eigenvalue weighted by Crippen LogP contribution is -2.25. The Kier molecular flexibility index (Phi) is 11.4. The van der Waals surface area contributed by atoms with Gasteiger partial charge in [-0.15, -0.1) is 0 Å². The van der Waals surface area contributed by atoms with Crippen LogP contribution in [0.25, 0.3) is 0 Å². The maximum atomic E-state index is 5.96. The van der Waals surface area contributed by atoms with E-state index in [9.17, 15) is 0 Å². The molecule has 0 rings (SSSR count). The Morgan fingerprint density at radius 1 is 1.09 bits per heavy atom. The van der Waals surface area contributed by atoms with Crippen molar-refractivity contribution in [1.82, 2.24) is 0 Å². The first-order valence-electron chi connectivity index (χ1n) is 8.74. The summed E-state index contributed by atoms with van der Waals surface area (Å²) < 4.78 is 5.96. The SMILES string of the molecule is C=C/C(C)=C/C=C\[C@@](C)(CC/C=C(\C)CCC=C(C)C)OCC. The average molecular weight is 317 g/mol. The fourth-order valence-corrected chi connectivity index (χ4v) is 2.30. The second-order valence-corrected chi connectivity index (χ2v) is 6.63. The van der Waals surface area contributed by atoms with Crippen LogP contribution in [0.4, 0.5) is 0 Å². The highest BCUT2D eigenvalue weighted by Gasteiger charge is 2.19. The zero-order valence-electron chi connectivity index (χ0n) is 16.1. The van der Waals surface area contributed by atoms with Crippen molar-refractivity contribution in [2.24, 2.45) is 0 Å². The molecule has 1 atom stereocenters. The molecular weight excluding hydrogens is 280 g/mol. The molecule has 0 aliphatic heterocycles. The second kappa shape index (κ2) is 12.1. The van der Waals surface area contributed by atoms with Crippen molar-refractivity contribution in [3.05, 3.63) is 59.8 Å². The average Bonchev–Trinajstić information content (AvgIpc) is 2.46. The van der Waals surface area contributed by atoms with Gasteiger partial charge in [-0.2, -0.15) is 0 Å². The lowest BCUT2D eigenvalue weighted by Gasteiger charge is -2.25. The van der Waals surface area contributed by atoms with Crippen molar-refractivity contribution in [2.75, 3.05) is 6.61 Å². The highest BCUT2D eigenvalue weighted by molar-refractivity contribution is 5.21. The molecule has 0 bridgehead atoms. The Morgan fingerprint density at radius 3 is 2.35 bits per heavy atom. The predicted octanol–water partition coefficient (Wildman–Crippen LogP) is 6.94. The van der Waals surface area contributed by atoms with Gasteiger partial charge in [-0.25, -0.2) is 0 Å². The van der Waals surface area contributed by atoms with Gasteiger partial charge in [0, 0.05) is 6.61 Å². The number of ether oxygens (including phenoxy) is 1. The van der Waals surface area contributed by atoms with Crippen LogP contribution in [-0.4, -0.2) is 12.2 Å². The molecule has 0 aromatic carbocycles. The monoisotopic (exact) mass is 316 g/mol. The maximum absolute atomic E-state index is 5.96. The maximum Gasteiger partial charge on any atom is 0.0840 e. The third-order valence-corrected chi connectivity index (χ3v) is 3.83.